The number of benzene rings is 1. The second kappa shape index (κ2) is 7.80. The maximum absolute atomic E-state index is 12.8. The Kier molecular flexibility index (Phi) is 5.76. The smallest absolute Gasteiger partial charge is 0.271 e. The molecule has 25 heavy (non-hydrogen) atoms. The number of nitrogens with zero attached hydrogens (tertiary/aromatic N) is 3. The molecule has 1 aromatic rings. The average Bonchev–Trinajstić information content (AvgIpc) is 2.59. The van der Waals surface area contributed by atoms with Crippen molar-refractivity contribution in [1.29, 1.82) is 5.26 Å². The van der Waals surface area contributed by atoms with Crippen molar-refractivity contribution in [3.63, 3.8) is 0 Å². The van der Waals surface area contributed by atoms with Crippen LogP contribution in [-0.4, -0.2) is 37.4 Å². The molecule has 0 fully saturated rings. The Morgan fingerprint density at radius 3 is 2.32 bits per heavy atom. The van der Waals surface area contributed by atoms with Gasteiger partial charge < -0.3 is 4.90 Å². The quantitative estimate of drug-likeness (QED) is 0.611. The summed E-state index contributed by atoms with van der Waals surface area (Å²) in [6.45, 7) is 3.99. The maximum Gasteiger partial charge on any atom is 0.271 e. The summed E-state index contributed by atoms with van der Waals surface area (Å²) in [7, 11) is 3.92. The van der Waals surface area contributed by atoms with E-state index < -0.39 is 5.91 Å². The van der Waals surface area contributed by atoms with Gasteiger partial charge >= 0.3 is 0 Å². The van der Waals surface area contributed by atoms with E-state index >= 15 is 0 Å². The second-order valence-corrected chi connectivity index (χ2v) is 6.27. The Labute approximate surface area is 148 Å². The molecule has 1 heterocycles. The highest BCUT2D eigenvalue weighted by atomic mass is 16.2. The molecular formula is C20H23N3O2. The number of amides is 2. The van der Waals surface area contributed by atoms with Crippen LogP contribution in [-0.2, 0) is 9.59 Å². The lowest BCUT2D eigenvalue weighted by atomic mass is 9.93. The van der Waals surface area contributed by atoms with Crippen LogP contribution in [0.15, 0.2) is 41.0 Å². The van der Waals surface area contributed by atoms with E-state index in [1.54, 1.807) is 13.0 Å². The van der Waals surface area contributed by atoms with Crippen molar-refractivity contribution in [2.75, 3.05) is 25.5 Å². The van der Waals surface area contributed by atoms with Crippen molar-refractivity contribution in [3.8, 4) is 6.07 Å². The minimum absolute atomic E-state index is 0.0480. The minimum atomic E-state index is -0.487. The van der Waals surface area contributed by atoms with E-state index in [2.05, 4.69) is 0 Å². The molecular weight excluding hydrogens is 314 g/mol. The van der Waals surface area contributed by atoms with Gasteiger partial charge in [-0.15, -0.1) is 0 Å². The number of anilines is 1. The third kappa shape index (κ3) is 3.80. The lowest BCUT2D eigenvalue weighted by Crippen LogP contribution is -2.43. The van der Waals surface area contributed by atoms with Crippen molar-refractivity contribution in [2.45, 2.75) is 26.7 Å². The number of hydrogen-bond donors (Lipinski definition) is 0. The van der Waals surface area contributed by atoms with Crippen molar-refractivity contribution < 1.29 is 9.59 Å². The molecule has 0 atom stereocenters. The normalized spacial score (nSPS) is 16.4. The Balaban J connectivity index is 2.46. The molecule has 0 radical (unpaired) electrons. The Morgan fingerprint density at radius 2 is 1.80 bits per heavy atom. The summed E-state index contributed by atoms with van der Waals surface area (Å²) < 4.78 is 0. The number of unbranched alkanes of at least 4 members (excludes halogenated alkanes) is 1. The molecule has 130 valence electrons. The summed E-state index contributed by atoms with van der Waals surface area (Å²) in [6, 6.07) is 9.72. The summed E-state index contributed by atoms with van der Waals surface area (Å²) in [5, 5.41) is 9.34. The third-order valence-corrected chi connectivity index (χ3v) is 4.28. The molecule has 5 heteroatoms. The third-order valence-electron chi connectivity index (χ3n) is 4.28. The Hall–Kier alpha value is -2.87. The van der Waals surface area contributed by atoms with Crippen LogP contribution < -0.4 is 4.90 Å². The first kappa shape index (κ1) is 18.5. The monoisotopic (exact) mass is 337 g/mol. The second-order valence-electron chi connectivity index (χ2n) is 6.27. The van der Waals surface area contributed by atoms with E-state index in [9.17, 15) is 14.9 Å². The van der Waals surface area contributed by atoms with Gasteiger partial charge in [0.25, 0.3) is 11.8 Å². The molecule has 0 N–H and O–H groups in total. The summed E-state index contributed by atoms with van der Waals surface area (Å²) in [5.74, 6) is -0.815. The van der Waals surface area contributed by atoms with Gasteiger partial charge in [-0.2, -0.15) is 5.26 Å². The van der Waals surface area contributed by atoms with Crippen LogP contribution in [0.4, 0.5) is 5.69 Å². The number of carbonyl (C=O) groups is 2. The molecule has 0 unspecified atom stereocenters. The van der Waals surface area contributed by atoms with Crippen molar-refractivity contribution >= 4 is 23.6 Å². The zero-order chi connectivity index (χ0) is 18.6. The summed E-state index contributed by atoms with van der Waals surface area (Å²) >= 11 is 0. The predicted octanol–water partition coefficient (Wildman–Crippen LogP) is 3.14. The molecule has 0 bridgehead atoms. The first-order valence-electron chi connectivity index (χ1n) is 8.37. The highest BCUT2D eigenvalue weighted by molar-refractivity contribution is 6.19. The fourth-order valence-corrected chi connectivity index (χ4v) is 2.68. The van der Waals surface area contributed by atoms with E-state index in [1.807, 2.05) is 56.3 Å². The lowest BCUT2D eigenvalue weighted by molar-refractivity contribution is -0.140. The van der Waals surface area contributed by atoms with Crippen LogP contribution >= 0.6 is 0 Å². The molecule has 0 saturated heterocycles. The van der Waals surface area contributed by atoms with Crippen LogP contribution in [0.25, 0.3) is 6.08 Å². The fraction of sp³-hybridized carbons (Fsp3) is 0.350. The molecule has 2 amide bonds. The van der Waals surface area contributed by atoms with E-state index in [4.69, 9.17) is 0 Å². The number of rotatable bonds is 5. The molecule has 2 rings (SSSR count). The van der Waals surface area contributed by atoms with Gasteiger partial charge in [0.1, 0.15) is 11.6 Å². The summed E-state index contributed by atoms with van der Waals surface area (Å²) in [5.41, 5.74) is 2.82. The molecule has 1 aliphatic heterocycles. The molecule has 1 aliphatic rings. The van der Waals surface area contributed by atoms with E-state index in [0.717, 1.165) is 24.1 Å². The average molecular weight is 337 g/mol. The van der Waals surface area contributed by atoms with E-state index in [0.29, 0.717) is 17.7 Å². The van der Waals surface area contributed by atoms with Crippen LogP contribution in [0.1, 0.15) is 32.3 Å². The summed E-state index contributed by atoms with van der Waals surface area (Å²) in [6.07, 6.45) is 3.34. The highest BCUT2D eigenvalue weighted by Gasteiger charge is 2.34. The molecule has 0 aromatic heterocycles. The van der Waals surface area contributed by atoms with Gasteiger partial charge in [-0.3, -0.25) is 14.5 Å². The Bertz CT molecular complexity index is 780. The minimum Gasteiger partial charge on any atom is -0.378 e. The first-order chi connectivity index (χ1) is 11.9. The Morgan fingerprint density at radius 1 is 1.16 bits per heavy atom. The largest absolute Gasteiger partial charge is 0.378 e. The summed E-state index contributed by atoms with van der Waals surface area (Å²) in [4.78, 5) is 28.4. The number of hydrogen-bond acceptors (Lipinski definition) is 4. The SMILES string of the molecule is CCCCN1C(=O)C(C#N)=C(C)/C(=C/c2ccc(N(C)C)cc2)C1=O. The van der Waals surface area contributed by atoms with E-state index in [-0.39, 0.29) is 11.5 Å². The van der Waals surface area contributed by atoms with Gasteiger partial charge in [0.15, 0.2) is 0 Å². The number of nitriles is 1. The molecule has 0 saturated carbocycles. The highest BCUT2D eigenvalue weighted by Crippen LogP contribution is 2.27. The zero-order valence-corrected chi connectivity index (χ0v) is 15.2. The van der Waals surface area contributed by atoms with Crippen LogP contribution in [0, 0.1) is 11.3 Å². The van der Waals surface area contributed by atoms with Gasteiger partial charge in [0.05, 0.1) is 0 Å². The predicted molar refractivity (Wildman–Crippen MR) is 98.7 cm³/mol. The van der Waals surface area contributed by atoms with E-state index in [1.165, 1.54) is 4.90 Å². The van der Waals surface area contributed by atoms with Gasteiger partial charge in [0.2, 0.25) is 0 Å². The number of carbonyl (C=O) groups excluding carboxylic acids is 2. The van der Waals surface area contributed by atoms with Crippen molar-refractivity contribution in [1.82, 2.24) is 4.90 Å². The molecule has 5 nitrogen and oxygen atoms in total. The van der Waals surface area contributed by atoms with Gasteiger partial charge in [-0.25, -0.2) is 0 Å². The van der Waals surface area contributed by atoms with Crippen LogP contribution in [0.5, 0.6) is 0 Å². The van der Waals surface area contributed by atoms with Crippen molar-refractivity contribution in [3.05, 3.63) is 46.5 Å². The lowest BCUT2D eigenvalue weighted by Gasteiger charge is -2.27. The zero-order valence-electron chi connectivity index (χ0n) is 15.2. The number of imide groups is 1. The van der Waals surface area contributed by atoms with Gasteiger partial charge in [-0.05, 0) is 42.7 Å². The molecule has 0 spiro atoms. The standard InChI is InChI=1S/C20H23N3O2/c1-5-6-11-23-19(24)17(14(2)18(13-21)20(23)25)12-15-7-9-16(10-8-15)22(3)4/h7-10,12H,5-6,11H2,1-4H3/b17-12-. The van der Waals surface area contributed by atoms with Gasteiger partial charge in [0, 0.05) is 31.9 Å². The first-order valence-corrected chi connectivity index (χ1v) is 8.37. The maximum atomic E-state index is 12.8. The van der Waals surface area contributed by atoms with Crippen molar-refractivity contribution in [2.24, 2.45) is 0 Å². The van der Waals surface area contributed by atoms with Crippen LogP contribution in [0.3, 0.4) is 0 Å². The molecule has 0 aliphatic carbocycles. The van der Waals surface area contributed by atoms with Crippen LogP contribution in [0.2, 0.25) is 0 Å². The topological polar surface area (TPSA) is 64.4 Å². The fourth-order valence-electron chi connectivity index (χ4n) is 2.68. The molecule has 1 aromatic carbocycles. The van der Waals surface area contributed by atoms with Gasteiger partial charge in [-0.1, -0.05) is 25.5 Å².